The van der Waals surface area contributed by atoms with Gasteiger partial charge in [-0.3, -0.25) is 4.79 Å². The first-order valence-corrected chi connectivity index (χ1v) is 3.79. The van der Waals surface area contributed by atoms with Crippen LogP contribution in [-0.4, -0.2) is 31.7 Å². The maximum absolute atomic E-state index is 11.2. The number of carbonyl (C=O) groups excluding carboxylic acids is 1. The van der Waals surface area contributed by atoms with Crippen molar-refractivity contribution in [1.29, 1.82) is 0 Å². The maximum Gasteiger partial charge on any atom is 0.327 e. The molecular weight excluding hydrogens is 144 g/mol. The van der Waals surface area contributed by atoms with Crippen molar-refractivity contribution in [2.75, 3.05) is 20.2 Å². The van der Waals surface area contributed by atoms with Gasteiger partial charge in [-0.1, -0.05) is 0 Å². The zero-order valence-corrected chi connectivity index (χ0v) is 6.72. The first-order chi connectivity index (χ1) is 5.25. The molecule has 0 amide bonds. The third-order valence-electron chi connectivity index (χ3n) is 2.17. The summed E-state index contributed by atoms with van der Waals surface area (Å²) in [5.74, 6) is -0.238. The summed E-state index contributed by atoms with van der Waals surface area (Å²) in [5, 5.41) is 3.07. The lowest BCUT2D eigenvalue weighted by Gasteiger charge is -2.23. The average Bonchev–Trinajstić information content (AvgIpc) is 2.52. The average molecular weight is 158 g/mol. The number of hydrogen-bond donors (Lipinski definition) is 2. The van der Waals surface area contributed by atoms with Gasteiger partial charge in [0.25, 0.3) is 0 Å². The highest BCUT2D eigenvalue weighted by atomic mass is 16.5. The first-order valence-electron chi connectivity index (χ1n) is 3.79. The summed E-state index contributed by atoms with van der Waals surface area (Å²) >= 11 is 0. The van der Waals surface area contributed by atoms with E-state index in [1.807, 2.05) is 0 Å². The summed E-state index contributed by atoms with van der Waals surface area (Å²) in [6, 6.07) is 0. The highest BCUT2D eigenvalue weighted by Crippen LogP contribution is 2.18. The molecule has 1 rings (SSSR count). The van der Waals surface area contributed by atoms with Crippen LogP contribution in [0.5, 0.6) is 0 Å². The standard InChI is InChI=1S/C7H14N2O2/c1-11-6(10)7(5-8)3-2-4-9-7/h9H,2-5,8H2,1H3. The Hall–Kier alpha value is -0.610. The van der Waals surface area contributed by atoms with Crippen molar-refractivity contribution >= 4 is 5.97 Å². The fraction of sp³-hybridized carbons (Fsp3) is 0.857. The number of ether oxygens (including phenoxy) is 1. The monoisotopic (exact) mass is 158 g/mol. The van der Waals surface area contributed by atoms with E-state index in [0.717, 1.165) is 19.4 Å². The van der Waals surface area contributed by atoms with Gasteiger partial charge in [0, 0.05) is 6.54 Å². The number of nitrogens with two attached hydrogens (primary N) is 1. The molecule has 1 aliphatic rings. The van der Waals surface area contributed by atoms with Crippen molar-refractivity contribution in [2.45, 2.75) is 18.4 Å². The summed E-state index contributed by atoms with van der Waals surface area (Å²) < 4.78 is 4.65. The van der Waals surface area contributed by atoms with Gasteiger partial charge in [0.2, 0.25) is 0 Å². The Balaban J connectivity index is 2.66. The van der Waals surface area contributed by atoms with Crippen LogP contribution in [0.15, 0.2) is 0 Å². The minimum Gasteiger partial charge on any atom is -0.468 e. The lowest BCUT2D eigenvalue weighted by Crippen LogP contribution is -2.53. The van der Waals surface area contributed by atoms with E-state index in [-0.39, 0.29) is 5.97 Å². The van der Waals surface area contributed by atoms with Crippen molar-refractivity contribution in [3.05, 3.63) is 0 Å². The molecule has 0 aromatic carbocycles. The molecule has 0 aromatic heterocycles. The third-order valence-corrected chi connectivity index (χ3v) is 2.17. The van der Waals surface area contributed by atoms with Crippen LogP contribution in [0.3, 0.4) is 0 Å². The summed E-state index contributed by atoms with van der Waals surface area (Å²) in [6.07, 6.45) is 1.78. The van der Waals surface area contributed by atoms with Crippen molar-refractivity contribution in [2.24, 2.45) is 5.73 Å². The molecule has 11 heavy (non-hydrogen) atoms. The molecule has 1 unspecified atom stereocenters. The molecule has 1 fully saturated rings. The lowest BCUT2D eigenvalue weighted by molar-refractivity contribution is -0.147. The molecule has 4 nitrogen and oxygen atoms in total. The fourth-order valence-corrected chi connectivity index (χ4v) is 1.43. The minimum atomic E-state index is -0.589. The van der Waals surface area contributed by atoms with Crippen LogP contribution in [0.2, 0.25) is 0 Å². The molecule has 3 N–H and O–H groups in total. The predicted octanol–water partition coefficient (Wildman–Crippen LogP) is -0.760. The molecule has 0 spiro atoms. The summed E-state index contributed by atoms with van der Waals surface area (Å²) in [4.78, 5) is 11.2. The van der Waals surface area contributed by atoms with E-state index in [9.17, 15) is 4.79 Å². The highest BCUT2D eigenvalue weighted by molar-refractivity contribution is 5.81. The van der Waals surface area contributed by atoms with Crippen molar-refractivity contribution in [3.63, 3.8) is 0 Å². The fourth-order valence-electron chi connectivity index (χ4n) is 1.43. The van der Waals surface area contributed by atoms with Crippen LogP contribution in [0.1, 0.15) is 12.8 Å². The Bertz CT molecular complexity index is 153. The Labute approximate surface area is 66.1 Å². The van der Waals surface area contributed by atoms with Gasteiger partial charge in [-0.15, -0.1) is 0 Å². The van der Waals surface area contributed by atoms with Gasteiger partial charge in [0.1, 0.15) is 5.54 Å². The topological polar surface area (TPSA) is 64.3 Å². The molecule has 0 radical (unpaired) electrons. The van der Waals surface area contributed by atoms with Gasteiger partial charge in [-0.25, -0.2) is 0 Å². The van der Waals surface area contributed by atoms with E-state index < -0.39 is 5.54 Å². The van der Waals surface area contributed by atoms with Crippen LogP contribution in [0.25, 0.3) is 0 Å². The molecule has 0 aliphatic carbocycles. The number of esters is 1. The largest absolute Gasteiger partial charge is 0.468 e. The quantitative estimate of drug-likeness (QED) is 0.518. The smallest absolute Gasteiger partial charge is 0.327 e. The number of carbonyl (C=O) groups is 1. The first kappa shape index (κ1) is 8.49. The normalized spacial score (nSPS) is 30.4. The maximum atomic E-state index is 11.2. The summed E-state index contributed by atoms with van der Waals surface area (Å²) in [7, 11) is 1.39. The van der Waals surface area contributed by atoms with E-state index in [1.54, 1.807) is 0 Å². The molecular formula is C7H14N2O2. The molecule has 4 heteroatoms. The molecule has 64 valence electrons. The van der Waals surface area contributed by atoms with Crippen LogP contribution < -0.4 is 11.1 Å². The Morgan fingerprint density at radius 1 is 1.82 bits per heavy atom. The Morgan fingerprint density at radius 3 is 2.91 bits per heavy atom. The molecule has 1 atom stereocenters. The van der Waals surface area contributed by atoms with Gasteiger partial charge in [-0.2, -0.15) is 0 Å². The molecule has 1 saturated heterocycles. The minimum absolute atomic E-state index is 0.238. The molecule has 0 bridgehead atoms. The zero-order valence-electron chi connectivity index (χ0n) is 6.72. The number of rotatable bonds is 2. The zero-order chi connectivity index (χ0) is 8.32. The third kappa shape index (κ3) is 1.36. The molecule has 1 heterocycles. The summed E-state index contributed by atoms with van der Waals surface area (Å²) in [5.41, 5.74) is 4.89. The number of hydrogen-bond acceptors (Lipinski definition) is 4. The van der Waals surface area contributed by atoms with E-state index in [4.69, 9.17) is 5.73 Å². The lowest BCUT2D eigenvalue weighted by atomic mass is 9.98. The SMILES string of the molecule is COC(=O)C1(CN)CCCN1. The second-order valence-corrected chi connectivity index (χ2v) is 2.81. The predicted molar refractivity (Wildman–Crippen MR) is 41.0 cm³/mol. The highest BCUT2D eigenvalue weighted by Gasteiger charge is 2.40. The van der Waals surface area contributed by atoms with Crippen LogP contribution in [-0.2, 0) is 9.53 Å². The second kappa shape index (κ2) is 3.19. The number of methoxy groups -OCH3 is 1. The molecule has 1 aliphatic heterocycles. The van der Waals surface area contributed by atoms with Gasteiger partial charge in [0.15, 0.2) is 0 Å². The Kier molecular flexibility index (Phi) is 2.46. The van der Waals surface area contributed by atoms with E-state index >= 15 is 0 Å². The van der Waals surface area contributed by atoms with E-state index in [2.05, 4.69) is 10.1 Å². The van der Waals surface area contributed by atoms with Gasteiger partial charge < -0.3 is 15.8 Å². The Morgan fingerprint density at radius 2 is 2.55 bits per heavy atom. The van der Waals surface area contributed by atoms with Gasteiger partial charge in [0.05, 0.1) is 7.11 Å². The summed E-state index contributed by atoms with van der Waals surface area (Å²) in [6.45, 7) is 1.17. The van der Waals surface area contributed by atoms with E-state index in [1.165, 1.54) is 7.11 Å². The van der Waals surface area contributed by atoms with E-state index in [0.29, 0.717) is 6.54 Å². The van der Waals surface area contributed by atoms with Crippen molar-refractivity contribution in [1.82, 2.24) is 5.32 Å². The molecule has 0 saturated carbocycles. The second-order valence-electron chi connectivity index (χ2n) is 2.81. The van der Waals surface area contributed by atoms with Gasteiger partial charge >= 0.3 is 5.97 Å². The van der Waals surface area contributed by atoms with Crippen LogP contribution in [0.4, 0.5) is 0 Å². The van der Waals surface area contributed by atoms with Crippen molar-refractivity contribution in [3.8, 4) is 0 Å². The number of nitrogens with one attached hydrogen (secondary N) is 1. The van der Waals surface area contributed by atoms with Gasteiger partial charge in [-0.05, 0) is 19.4 Å². The van der Waals surface area contributed by atoms with Crippen LogP contribution in [0, 0.1) is 0 Å². The molecule has 0 aromatic rings. The van der Waals surface area contributed by atoms with Crippen LogP contribution >= 0.6 is 0 Å². The van der Waals surface area contributed by atoms with Crippen molar-refractivity contribution < 1.29 is 9.53 Å².